The first-order valence-electron chi connectivity index (χ1n) is 16.0. The second-order valence-corrected chi connectivity index (χ2v) is 12.0. The quantitative estimate of drug-likeness (QED) is 0.231. The van der Waals surface area contributed by atoms with E-state index >= 15 is 0 Å². The number of nitrogens with zero attached hydrogens (tertiary/aromatic N) is 3. The average molecular weight is 516 g/mol. The molecule has 4 heterocycles. The minimum Gasteiger partial charge on any atom is -0.453 e. The summed E-state index contributed by atoms with van der Waals surface area (Å²) in [6.45, 7) is 2.10. The summed E-state index contributed by atoms with van der Waals surface area (Å²) in [5.41, 5.74) is 8.08. The van der Waals surface area contributed by atoms with Crippen molar-refractivity contribution in [2.45, 2.75) is 65.1 Å². The summed E-state index contributed by atoms with van der Waals surface area (Å²) < 4.78 is 43.2. The molecule has 0 spiro atoms. The van der Waals surface area contributed by atoms with Gasteiger partial charge < -0.3 is 4.42 Å². The summed E-state index contributed by atoms with van der Waals surface area (Å²) in [7, 11) is 0. The normalized spacial score (nSPS) is 19.7. The molecule has 0 unspecified atom stereocenters. The lowest BCUT2D eigenvalue weighted by molar-refractivity contribution is 0.224. The molecule has 0 bridgehead atoms. The van der Waals surface area contributed by atoms with Gasteiger partial charge in [0, 0.05) is 34.4 Å². The van der Waals surface area contributed by atoms with Crippen molar-refractivity contribution in [3.8, 4) is 16.9 Å². The summed E-state index contributed by atoms with van der Waals surface area (Å²) in [6.07, 6.45) is 6.29. The molecule has 4 heteroatoms. The molecule has 0 radical (unpaired) electrons. The highest BCUT2D eigenvalue weighted by Crippen LogP contribution is 2.45. The van der Waals surface area contributed by atoms with Gasteiger partial charge in [-0.15, -0.1) is 0 Å². The number of para-hydroxylation sites is 2. The third kappa shape index (κ3) is 3.50. The Bertz CT molecular complexity index is 2070. The molecule has 0 amide bonds. The fourth-order valence-corrected chi connectivity index (χ4v) is 6.67. The molecule has 39 heavy (non-hydrogen) atoms. The lowest BCUT2D eigenvalue weighted by Gasteiger charge is -2.35. The molecular formula is C35H33N3O. The number of rotatable bonds is 2. The molecule has 0 atom stereocenters. The Morgan fingerprint density at radius 3 is 2.69 bits per heavy atom. The molecule has 0 N–H and O–H groups in total. The Kier molecular flexibility index (Phi) is 4.08. The van der Waals surface area contributed by atoms with Crippen LogP contribution in [0.3, 0.4) is 0 Å². The molecule has 1 fully saturated rings. The number of benzene rings is 3. The Balaban J connectivity index is 1.34. The molecule has 3 aromatic heterocycles. The second-order valence-electron chi connectivity index (χ2n) is 12.0. The van der Waals surface area contributed by atoms with E-state index in [4.69, 9.17) is 13.5 Å². The summed E-state index contributed by atoms with van der Waals surface area (Å²) in [5.74, 6) is 0.0550. The van der Waals surface area contributed by atoms with E-state index in [0.29, 0.717) is 29.7 Å². The van der Waals surface area contributed by atoms with Crippen molar-refractivity contribution in [1.82, 2.24) is 14.5 Å². The molecule has 6 aromatic rings. The van der Waals surface area contributed by atoms with Gasteiger partial charge in [0.2, 0.25) is 0 Å². The van der Waals surface area contributed by atoms with Gasteiger partial charge in [-0.2, -0.15) is 0 Å². The van der Waals surface area contributed by atoms with E-state index in [1.165, 1.54) is 11.8 Å². The second kappa shape index (κ2) is 8.29. The van der Waals surface area contributed by atoms with E-state index in [1.807, 2.05) is 18.2 Å². The highest BCUT2D eigenvalue weighted by molar-refractivity contribution is 6.16. The van der Waals surface area contributed by atoms with E-state index in [-0.39, 0.29) is 11.0 Å². The number of furan rings is 1. The lowest BCUT2D eigenvalue weighted by atomic mass is 9.71. The molecule has 8 rings (SSSR count). The van der Waals surface area contributed by atoms with Crippen molar-refractivity contribution >= 4 is 33.0 Å². The van der Waals surface area contributed by atoms with Crippen LogP contribution in [0, 0.1) is 12.3 Å². The zero-order valence-corrected chi connectivity index (χ0v) is 22.3. The van der Waals surface area contributed by atoms with Crippen LogP contribution in [0.4, 0.5) is 0 Å². The van der Waals surface area contributed by atoms with Gasteiger partial charge in [0.1, 0.15) is 16.9 Å². The minimum absolute atomic E-state index is 0.152. The summed E-state index contributed by atoms with van der Waals surface area (Å²) in [6, 6.07) is 20.5. The maximum absolute atomic E-state index is 9.48. The summed E-state index contributed by atoms with van der Waals surface area (Å²) in [5, 5.41) is 1.97. The highest BCUT2D eigenvalue weighted by atomic mass is 16.3. The third-order valence-electron chi connectivity index (χ3n) is 8.97. The van der Waals surface area contributed by atoms with Crippen LogP contribution in [-0.4, -0.2) is 14.5 Å². The lowest BCUT2D eigenvalue weighted by Crippen LogP contribution is -2.20. The third-order valence-corrected chi connectivity index (χ3v) is 8.97. The van der Waals surface area contributed by atoms with Crippen molar-refractivity contribution < 1.29 is 9.90 Å². The van der Waals surface area contributed by atoms with Crippen LogP contribution in [0.1, 0.15) is 73.4 Å². The molecule has 194 valence electrons. The maximum atomic E-state index is 9.48. The van der Waals surface area contributed by atoms with Gasteiger partial charge in [0.05, 0.1) is 16.9 Å². The fourth-order valence-electron chi connectivity index (χ4n) is 6.67. The first-order chi connectivity index (χ1) is 20.5. The Morgan fingerprint density at radius 2 is 1.82 bits per heavy atom. The van der Waals surface area contributed by atoms with Crippen LogP contribution in [0.15, 0.2) is 71.3 Å². The zero-order chi connectivity index (χ0) is 29.7. The summed E-state index contributed by atoms with van der Waals surface area (Å²) in [4.78, 5) is 9.67. The van der Waals surface area contributed by atoms with Gasteiger partial charge in [-0.1, -0.05) is 44.2 Å². The number of aryl methyl sites for hydroxylation is 3. The minimum atomic E-state index is -2.35. The number of hydrogen-bond donors (Lipinski definition) is 0. The van der Waals surface area contributed by atoms with Gasteiger partial charge in [-0.05, 0) is 97.3 Å². The van der Waals surface area contributed by atoms with Crippen molar-refractivity contribution in [3.63, 3.8) is 0 Å². The number of fused-ring (bicyclic) bond motifs is 9. The van der Waals surface area contributed by atoms with Crippen molar-refractivity contribution in [3.05, 3.63) is 89.4 Å². The fraction of sp³-hybridized carbons (Fsp3) is 0.314. The van der Waals surface area contributed by atoms with Gasteiger partial charge in [0.15, 0.2) is 5.58 Å². The van der Waals surface area contributed by atoms with E-state index < -0.39 is 12.7 Å². The molecular weight excluding hydrogens is 478 g/mol. The van der Waals surface area contributed by atoms with Gasteiger partial charge >= 0.3 is 0 Å². The van der Waals surface area contributed by atoms with Gasteiger partial charge in [-0.3, -0.25) is 9.55 Å². The Hall–Kier alpha value is -3.92. The number of imidazole rings is 1. The van der Waals surface area contributed by atoms with E-state index in [2.05, 4.69) is 65.9 Å². The van der Waals surface area contributed by atoms with Crippen LogP contribution in [0.25, 0.3) is 49.9 Å². The number of pyridine rings is 1. The predicted octanol–water partition coefficient (Wildman–Crippen LogP) is 9.08. The Labute approximate surface area is 234 Å². The zero-order valence-electron chi connectivity index (χ0n) is 26.3. The first kappa shape index (κ1) is 19.2. The highest BCUT2D eigenvalue weighted by Gasteiger charge is 2.29. The number of aromatic nitrogens is 3. The van der Waals surface area contributed by atoms with E-state index in [0.717, 1.165) is 70.1 Å². The predicted molar refractivity (Wildman–Crippen MR) is 159 cm³/mol. The molecule has 4 nitrogen and oxygen atoms in total. The van der Waals surface area contributed by atoms with E-state index in [1.54, 1.807) is 0 Å². The molecule has 1 aliphatic heterocycles. The molecule has 1 saturated carbocycles. The van der Waals surface area contributed by atoms with E-state index in [9.17, 15) is 1.37 Å². The SMILES string of the molecule is [2H]C([2H])([2H])c1cnc(-c2cccc3c2oc2c3ccc3nc4n(c32)-c2ccccc2CC4)cc1C1([2H])CCC(C)(C)CC1. The van der Waals surface area contributed by atoms with Crippen molar-refractivity contribution in [1.29, 1.82) is 0 Å². The van der Waals surface area contributed by atoms with Crippen LogP contribution in [-0.2, 0) is 12.8 Å². The smallest absolute Gasteiger partial charge is 0.161 e. The monoisotopic (exact) mass is 515 g/mol. The first-order valence-corrected chi connectivity index (χ1v) is 14.0. The largest absolute Gasteiger partial charge is 0.453 e. The van der Waals surface area contributed by atoms with Crippen LogP contribution >= 0.6 is 0 Å². The van der Waals surface area contributed by atoms with Crippen LogP contribution < -0.4 is 0 Å². The Morgan fingerprint density at radius 1 is 0.974 bits per heavy atom. The summed E-state index contributed by atoms with van der Waals surface area (Å²) >= 11 is 0. The molecule has 0 saturated heterocycles. The average Bonchev–Trinajstić information content (AvgIpc) is 3.56. The van der Waals surface area contributed by atoms with Crippen LogP contribution in [0.2, 0.25) is 0 Å². The van der Waals surface area contributed by atoms with Crippen molar-refractivity contribution in [2.75, 3.05) is 0 Å². The van der Waals surface area contributed by atoms with Gasteiger partial charge in [0.25, 0.3) is 0 Å². The van der Waals surface area contributed by atoms with Gasteiger partial charge in [-0.25, -0.2) is 4.98 Å². The van der Waals surface area contributed by atoms with Crippen molar-refractivity contribution in [2.24, 2.45) is 5.41 Å². The standard InChI is InChI=1S/C35H33N3O/c1-21-20-36-29(19-27(21)22-15-17-35(2,3)18-16-22)26-9-6-8-24-25-12-13-28-32(34(25)39-33(24)26)38-30-10-5-4-7-23(30)11-14-31(38)37-28/h4-10,12-13,19-20,22H,11,14-18H2,1-3H3/i1D3,22D. The molecule has 2 aliphatic rings. The maximum Gasteiger partial charge on any atom is 0.161 e. The molecule has 3 aromatic carbocycles. The number of hydrogen-bond acceptors (Lipinski definition) is 3. The molecule has 1 aliphatic carbocycles. The van der Waals surface area contributed by atoms with Crippen LogP contribution in [0.5, 0.6) is 0 Å². The topological polar surface area (TPSA) is 43.9 Å².